The molecule has 154 valence electrons. The highest BCUT2D eigenvalue weighted by atomic mass is 16.5. The van der Waals surface area contributed by atoms with Gasteiger partial charge in [0.2, 0.25) is 11.8 Å². The second-order valence-corrected chi connectivity index (χ2v) is 7.30. The number of pyridine rings is 1. The summed E-state index contributed by atoms with van der Waals surface area (Å²) in [6.07, 6.45) is 9.26. The molecule has 30 heavy (non-hydrogen) atoms. The van der Waals surface area contributed by atoms with Crippen LogP contribution in [0.5, 0.6) is 11.6 Å². The van der Waals surface area contributed by atoms with E-state index in [1.807, 2.05) is 24.3 Å². The second-order valence-electron chi connectivity index (χ2n) is 7.30. The Labute approximate surface area is 176 Å². The Hall–Kier alpha value is -3.48. The maximum absolute atomic E-state index is 12.6. The molecule has 1 aromatic carbocycles. The molecule has 7 nitrogen and oxygen atoms in total. The van der Waals surface area contributed by atoms with Crippen molar-refractivity contribution in [3.05, 3.63) is 66.7 Å². The summed E-state index contributed by atoms with van der Waals surface area (Å²) < 4.78 is 5.81. The van der Waals surface area contributed by atoms with E-state index in [1.54, 1.807) is 30.9 Å². The first-order valence-corrected chi connectivity index (χ1v) is 10.3. The van der Waals surface area contributed by atoms with Crippen LogP contribution in [0.4, 0.5) is 11.5 Å². The minimum atomic E-state index is -0.0226. The van der Waals surface area contributed by atoms with Crippen molar-refractivity contribution in [3.8, 4) is 11.6 Å². The number of ether oxygens (including phenoxy) is 1. The number of aromatic nitrogens is 3. The third kappa shape index (κ3) is 4.92. The number of aryl methyl sites for hydroxylation is 1. The molecule has 3 aromatic rings. The van der Waals surface area contributed by atoms with Crippen LogP contribution in [0.2, 0.25) is 0 Å². The largest absolute Gasteiger partial charge is 0.439 e. The van der Waals surface area contributed by atoms with Crippen LogP contribution in [0.25, 0.3) is 0 Å². The quantitative estimate of drug-likeness (QED) is 0.668. The number of nitrogens with one attached hydrogen (secondary N) is 1. The van der Waals surface area contributed by atoms with Crippen molar-refractivity contribution in [1.82, 2.24) is 15.0 Å². The lowest BCUT2D eigenvalue weighted by Crippen LogP contribution is -2.38. The van der Waals surface area contributed by atoms with Crippen molar-refractivity contribution in [1.29, 1.82) is 0 Å². The van der Waals surface area contributed by atoms with Crippen LogP contribution in [0.1, 0.15) is 25.3 Å². The lowest BCUT2D eigenvalue weighted by Gasteiger charge is -2.31. The van der Waals surface area contributed by atoms with Crippen LogP contribution in [-0.4, -0.2) is 33.9 Å². The number of benzene rings is 1. The van der Waals surface area contributed by atoms with Gasteiger partial charge >= 0.3 is 0 Å². The van der Waals surface area contributed by atoms with E-state index in [1.165, 1.54) is 5.56 Å². The highest BCUT2D eigenvalue weighted by Crippen LogP contribution is 2.24. The van der Waals surface area contributed by atoms with Crippen LogP contribution in [0, 0.1) is 5.92 Å². The lowest BCUT2D eigenvalue weighted by atomic mass is 9.96. The molecule has 2 aromatic heterocycles. The Balaban J connectivity index is 1.29. The fourth-order valence-corrected chi connectivity index (χ4v) is 3.53. The number of piperidine rings is 1. The smallest absolute Gasteiger partial charge is 0.227 e. The van der Waals surface area contributed by atoms with Gasteiger partial charge in [0.05, 0.1) is 18.1 Å². The fourth-order valence-electron chi connectivity index (χ4n) is 3.53. The molecule has 3 heterocycles. The first-order chi connectivity index (χ1) is 14.7. The summed E-state index contributed by atoms with van der Waals surface area (Å²) >= 11 is 0. The average molecular weight is 403 g/mol. The number of carbonyl (C=O) groups is 1. The SMILES string of the molecule is CCc1cccc(Oc2ccc(NC(=O)C3CCN(c4cnccn4)CC3)cn2)c1. The van der Waals surface area contributed by atoms with E-state index in [9.17, 15) is 4.79 Å². The molecule has 0 atom stereocenters. The molecule has 0 saturated carbocycles. The Morgan fingerprint density at radius 3 is 2.70 bits per heavy atom. The van der Waals surface area contributed by atoms with Crippen molar-refractivity contribution in [2.45, 2.75) is 26.2 Å². The standard InChI is InChI=1S/C23H25N5O2/c1-2-17-4-3-5-20(14-17)30-22-7-6-19(15-26-22)27-23(29)18-8-12-28(13-9-18)21-16-24-10-11-25-21/h3-7,10-11,14-16,18H,2,8-9,12-13H2,1H3,(H,27,29). The molecule has 0 unspecified atom stereocenters. The van der Waals surface area contributed by atoms with Gasteiger partial charge in [-0.1, -0.05) is 19.1 Å². The van der Waals surface area contributed by atoms with Crippen LogP contribution >= 0.6 is 0 Å². The van der Waals surface area contributed by atoms with E-state index in [0.29, 0.717) is 11.6 Å². The van der Waals surface area contributed by atoms with E-state index >= 15 is 0 Å². The normalized spacial score (nSPS) is 14.4. The topological polar surface area (TPSA) is 80.2 Å². The van der Waals surface area contributed by atoms with E-state index in [0.717, 1.165) is 43.9 Å². The van der Waals surface area contributed by atoms with Crippen LogP contribution < -0.4 is 15.0 Å². The molecule has 1 N–H and O–H groups in total. The van der Waals surface area contributed by atoms with Crippen LogP contribution in [0.3, 0.4) is 0 Å². The van der Waals surface area contributed by atoms with Crippen molar-refractivity contribution >= 4 is 17.4 Å². The molecule has 7 heteroatoms. The first-order valence-electron chi connectivity index (χ1n) is 10.3. The molecule has 4 rings (SSSR count). The van der Waals surface area contributed by atoms with Gasteiger partial charge in [-0.25, -0.2) is 9.97 Å². The van der Waals surface area contributed by atoms with Gasteiger partial charge in [-0.3, -0.25) is 9.78 Å². The number of carbonyl (C=O) groups excluding carboxylic acids is 1. The van der Waals surface area contributed by atoms with Crippen molar-refractivity contribution < 1.29 is 9.53 Å². The number of anilines is 2. The van der Waals surface area contributed by atoms with Gasteiger partial charge in [0.1, 0.15) is 11.6 Å². The van der Waals surface area contributed by atoms with Crippen molar-refractivity contribution in [3.63, 3.8) is 0 Å². The summed E-state index contributed by atoms with van der Waals surface area (Å²) in [6, 6.07) is 11.5. The summed E-state index contributed by atoms with van der Waals surface area (Å²) in [7, 11) is 0. The first kappa shape index (κ1) is 19.8. The third-order valence-corrected chi connectivity index (χ3v) is 5.27. The number of amides is 1. The molecule has 1 aliphatic rings. The molecule has 0 spiro atoms. The summed E-state index contributed by atoms with van der Waals surface area (Å²) in [5.41, 5.74) is 1.88. The Kier molecular flexibility index (Phi) is 6.17. The number of rotatable bonds is 6. The average Bonchev–Trinajstić information content (AvgIpc) is 2.81. The van der Waals surface area contributed by atoms with E-state index in [2.05, 4.69) is 38.2 Å². The monoisotopic (exact) mass is 403 g/mol. The summed E-state index contributed by atoms with van der Waals surface area (Å²) in [6.45, 7) is 3.69. The molecule has 1 fully saturated rings. The third-order valence-electron chi connectivity index (χ3n) is 5.27. The molecular formula is C23H25N5O2. The van der Waals surface area contributed by atoms with Gasteiger partial charge in [-0.15, -0.1) is 0 Å². The Morgan fingerprint density at radius 2 is 2.00 bits per heavy atom. The zero-order valence-electron chi connectivity index (χ0n) is 17.0. The van der Waals surface area contributed by atoms with Gasteiger partial charge in [0, 0.05) is 37.5 Å². The number of hydrogen-bond acceptors (Lipinski definition) is 6. The second kappa shape index (κ2) is 9.35. The molecule has 0 bridgehead atoms. The van der Waals surface area contributed by atoms with Gasteiger partial charge in [-0.05, 0) is 43.0 Å². The van der Waals surface area contributed by atoms with Gasteiger partial charge in [-0.2, -0.15) is 0 Å². The van der Waals surface area contributed by atoms with Crippen molar-refractivity contribution in [2.75, 3.05) is 23.3 Å². The molecule has 0 radical (unpaired) electrons. The minimum absolute atomic E-state index is 0.0226. The summed E-state index contributed by atoms with van der Waals surface area (Å²) in [4.78, 5) is 27.6. The van der Waals surface area contributed by atoms with Crippen LogP contribution in [-0.2, 0) is 11.2 Å². The molecule has 0 aliphatic carbocycles. The maximum Gasteiger partial charge on any atom is 0.227 e. The Bertz CT molecular complexity index is 970. The zero-order valence-corrected chi connectivity index (χ0v) is 17.0. The fraction of sp³-hybridized carbons (Fsp3) is 0.304. The molecule has 1 amide bonds. The van der Waals surface area contributed by atoms with E-state index in [-0.39, 0.29) is 11.8 Å². The molecular weight excluding hydrogens is 378 g/mol. The van der Waals surface area contributed by atoms with E-state index in [4.69, 9.17) is 4.74 Å². The van der Waals surface area contributed by atoms with Crippen molar-refractivity contribution in [2.24, 2.45) is 5.92 Å². The predicted octanol–water partition coefficient (Wildman–Crippen LogP) is 4.08. The molecule has 1 saturated heterocycles. The zero-order chi connectivity index (χ0) is 20.8. The lowest BCUT2D eigenvalue weighted by molar-refractivity contribution is -0.120. The van der Waals surface area contributed by atoms with Gasteiger partial charge < -0.3 is 15.0 Å². The number of nitrogens with zero attached hydrogens (tertiary/aromatic N) is 4. The number of hydrogen-bond donors (Lipinski definition) is 1. The van der Waals surface area contributed by atoms with Crippen LogP contribution in [0.15, 0.2) is 61.2 Å². The van der Waals surface area contributed by atoms with E-state index < -0.39 is 0 Å². The Morgan fingerprint density at radius 1 is 1.13 bits per heavy atom. The van der Waals surface area contributed by atoms with Gasteiger partial charge in [0.15, 0.2) is 0 Å². The molecule has 1 aliphatic heterocycles. The summed E-state index contributed by atoms with van der Waals surface area (Å²) in [5.74, 6) is 2.12. The summed E-state index contributed by atoms with van der Waals surface area (Å²) in [5, 5.41) is 2.97. The maximum atomic E-state index is 12.6. The highest BCUT2D eigenvalue weighted by Gasteiger charge is 2.25. The predicted molar refractivity (Wildman–Crippen MR) is 116 cm³/mol. The highest BCUT2D eigenvalue weighted by molar-refractivity contribution is 5.92. The van der Waals surface area contributed by atoms with Gasteiger partial charge in [0.25, 0.3) is 0 Å². The minimum Gasteiger partial charge on any atom is -0.439 e.